The molecule has 0 saturated heterocycles. The van der Waals surface area contributed by atoms with Gasteiger partial charge in [0.2, 0.25) is 0 Å². The topological polar surface area (TPSA) is 45.8 Å². The molecule has 5 heteroatoms. The average molecular weight is 333 g/mol. The number of hydrogen-bond donors (Lipinski definition) is 1. The number of nitrogens with one attached hydrogen (secondary N) is 1. The van der Waals surface area contributed by atoms with E-state index >= 15 is 0 Å². The second-order valence-electron chi connectivity index (χ2n) is 4.50. The molecular formula is C15H10BrFN2O. The lowest BCUT2D eigenvalue weighted by atomic mass is 10.0. The summed E-state index contributed by atoms with van der Waals surface area (Å²) in [6.45, 7) is 1.79. The number of nitrogens with zero attached hydrogens (tertiary/aromatic N) is 1. The Balaban J connectivity index is 2.21. The first-order valence-electron chi connectivity index (χ1n) is 6.00. The predicted octanol–water partition coefficient (Wildman–Crippen LogP) is 4.00. The fraction of sp³-hybridized carbons (Fsp3) is 0.0667. The predicted molar refractivity (Wildman–Crippen MR) is 78.4 cm³/mol. The maximum absolute atomic E-state index is 14.2. The minimum atomic E-state index is -0.550. The maximum atomic E-state index is 14.2. The summed E-state index contributed by atoms with van der Waals surface area (Å²) >= 11 is 3.33. The van der Waals surface area contributed by atoms with Crippen LogP contribution in [0.2, 0.25) is 0 Å². The molecule has 1 N–H and O–H groups in total. The van der Waals surface area contributed by atoms with E-state index in [-0.39, 0.29) is 11.3 Å². The number of rotatable bonds is 2. The summed E-state index contributed by atoms with van der Waals surface area (Å²) in [6.07, 6.45) is 3.25. The third-order valence-corrected chi connectivity index (χ3v) is 3.95. The minimum Gasteiger partial charge on any atom is -0.361 e. The number of halogens is 2. The van der Waals surface area contributed by atoms with Crippen molar-refractivity contribution in [2.24, 2.45) is 0 Å². The zero-order valence-electron chi connectivity index (χ0n) is 10.6. The molecule has 0 unspecified atom stereocenters. The molecule has 100 valence electrons. The van der Waals surface area contributed by atoms with Gasteiger partial charge in [0.15, 0.2) is 5.78 Å². The van der Waals surface area contributed by atoms with E-state index in [4.69, 9.17) is 0 Å². The Labute approximate surface area is 123 Å². The number of ketones is 1. The van der Waals surface area contributed by atoms with Crippen LogP contribution in [-0.4, -0.2) is 15.8 Å². The Hall–Kier alpha value is -2.01. The number of aryl methyl sites for hydroxylation is 1. The highest BCUT2D eigenvalue weighted by Gasteiger charge is 2.20. The van der Waals surface area contributed by atoms with Crippen LogP contribution in [0.5, 0.6) is 0 Å². The lowest BCUT2D eigenvalue weighted by Crippen LogP contribution is -2.06. The summed E-state index contributed by atoms with van der Waals surface area (Å²) in [5, 5.41) is 0.778. The first-order valence-corrected chi connectivity index (χ1v) is 6.79. The van der Waals surface area contributed by atoms with Gasteiger partial charge in [0.25, 0.3) is 0 Å². The van der Waals surface area contributed by atoms with Gasteiger partial charge in [-0.3, -0.25) is 9.78 Å². The Morgan fingerprint density at radius 3 is 2.90 bits per heavy atom. The fourth-order valence-electron chi connectivity index (χ4n) is 2.17. The SMILES string of the molecule is Cc1cc(C(=O)c2c(F)cc3[nH]ccc3c2Br)ccn1. The molecule has 0 aliphatic carbocycles. The molecule has 2 aromatic heterocycles. The largest absolute Gasteiger partial charge is 0.361 e. The van der Waals surface area contributed by atoms with Crippen molar-refractivity contribution in [3.05, 3.63) is 63.8 Å². The van der Waals surface area contributed by atoms with Crippen LogP contribution in [0.3, 0.4) is 0 Å². The molecule has 0 atom stereocenters. The summed E-state index contributed by atoms with van der Waals surface area (Å²) in [4.78, 5) is 19.5. The highest BCUT2D eigenvalue weighted by Crippen LogP contribution is 2.31. The van der Waals surface area contributed by atoms with Crippen LogP contribution in [0.1, 0.15) is 21.6 Å². The second-order valence-corrected chi connectivity index (χ2v) is 5.29. The van der Waals surface area contributed by atoms with Crippen molar-refractivity contribution in [2.75, 3.05) is 0 Å². The molecule has 20 heavy (non-hydrogen) atoms. The van der Waals surface area contributed by atoms with Gasteiger partial charge in [-0.2, -0.15) is 0 Å². The fourth-order valence-corrected chi connectivity index (χ4v) is 2.89. The zero-order valence-corrected chi connectivity index (χ0v) is 12.2. The first-order chi connectivity index (χ1) is 9.58. The Morgan fingerprint density at radius 1 is 1.35 bits per heavy atom. The van der Waals surface area contributed by atoms with Gasteiger partial charge in [-0.05, 0) is 47.1 Å². The van der Waals surface area contributed by atoms with E-state index in [1.165, 1.54) is 6.07 Å². The molecule has 0 fully saturated rings. The molecular weight excluding hydrogens is 323 g/mol. The van der Waals surface area contributed by atoms with Crippen molar-refractivity contribution >= 4 is 32.6 Å². The monoisotopic (exact) mass is 332 g/mol. The molecule has 0 aliphatic rings. The van der Waals surface area contributed by atoms with Gasteiger partial charge in [0.1, 0.15) is 5.82 Å². The van der Waals surface area contributed by atoms with Crippen molar-refractivity contribution < 1.29 is 9.18 Å². The standard InChI is InChI=1S/C15H10BrFN2O/c1-8-6-9(2-4-18-8)15(20)13-11(17)7-12-10(14(13)16)3-5-19-12/h2-7,19H,1H3. The number of benzene rings is 1. The van der Waals surface area contributed by atoms with Gasteiger partial charge < -0.3 is 4.98 Å². The average Bonchev–Trinajstić information content (AvgIpc) is 2.87. The van der Waals surface area contributed by atoms with Gasteiger partial charge in [-0.25, -0.2) is 4.39 Å². The molecule has 0 aliphatic heterocycles. The number of aromatic nitrogens is 2. The molecule has 0 bridgehead atoms. The number of H-pyrrole nitrogens is 1. The van der Waals surface area contributed by atoms with Crippen LogP contribution in [0.4, 0.5) is 4.39 Å². The number of aromatic amines is 1. The van der Waals surface area contributed by atoms with Crippen molar-refractivity contribution in [3.63, 3.8) is 0 Å². The van der Waals surface area contributed by atoms with Gasteiger partial charge >= 0.3 is 0 Å². The number of pyridine rings is 1. The molecule has 0 amide bonds. The van der Waals surface area contributed by atoms with Crippen molar-refractivity contribution in [1.82, 2.24) is 9.97 Å². The molecule has 3 aromatic rings. The molecule has 3 rings (SSSR count). The molecule has 1 aromatic carbocycles. The third kappa shape index (κ3) is 2.04. The van der Waals surface area contributed by atoms with Crippen LogP contribution in [0, 0.1) is 12.7 Å². The Kier molecular flexibility index (Phi) is 3.14. The normalized spacial score (nSPS) is 10.9. The lowest BCUT2D eigenvalue weighted by molar-refractivity contribution is 0.103. The van der Waals surface area contributed by atoms with Crippen molar-refractivity contribution in [3.8, 4) is 0 Å². The number of hydrogen-bond acceptors (Lipinski definition) is 2. The van der Waals surface area contributed by atoms with Crippen molar-refractivity contribution in [1.29, 1.82) is 0 Å². The number of carbonyl (C=O) groups excluding carboxylic acids is 1. The van der Waals surface area contributed by atoms with E-state index in [0.29, 0.717) is 15.6 Å². The van der Waals surface area contributed by atoms with Crippen LogP contribution >= 0.6 is 15.9 Å². The van der Waals surface area contributed by atoms with Crippen LogP contribution in [0.15, 0.2) is 41.1 Å². The summed E-state index contributed by atoms with van der Waals surface area (Å²) in [6, 6.07) is 6.37. The third-order valence-electron chi connectivity index (χ3n) is 3.13. The van der Waals surface area contributed by atoms with E-state index in [2.05, 4.69) is 25.9 Å². The second kappa shape index (κ2) is 4.83. The quantitative estimate of drug-likeness (QED) is 0.721. The van der Waals surface area contributed by atoms with Gasteiger partial charge in [-0.1, -0.05) is 0 Å². The minimum absolute atomic E-state index is 0.0442. The number of fused-ring (bicyclic) bond motifs is 1. The number of carbonyl (C=O) groups is 1. The zero-order chi connectivity index (χ0) is 14.3. The van der Waals surface area contributed by atoms with E-state index in [0.717, 1.165) is 11.1 Å². The maximum Gasteiger partial charge on any atom is 0.197 e. The Morgan fingerprint density at radius 2 is 2.15 bits per heavy atom. The van der Waals surface area contributed by atoms with E-state index < -0.39 is 5.82 Å². The van der Waals surface area contributed by atoms with Crippen molar-refractivity contribution in [2.45, 2.75) is 6.92 Å². The molecule has 0 radical (unpaired) electrons. The molecule has 0 spiro atoms. The highest BCUT2D eigenvalue weighted by molar-refractivity contribution is 9.10. The van der Waals surface area contributed by atoms with Gasteiger partial charge in [0, 0.05) is 39.0 Å². The lowest BCUT2D eigenvalue weighted by Gasteiger charge is -2.07. The molecule has 0 saturated carbocycles. The summed E-state index contributed by atoms with van der Waals surface area (Å²) < 4.78 is 14.7. The summed E-state index contributed by atoms with van der Waals surface area (Å²) in [5.41, 5.74) is 1.83. The summed E-state index contributed by atoms with van der Waals surface area (Å²) in [7, 11) is 0. The van der Waals surface area contributed by atoms with Gasteiger partial charge in [-0.15, -0.1) is 0 Å². The van der Waals surface area contributed by atoms with Gasteiger partial charge in [0.05, 0.1) is 5.56 Å². The van der Waals surface area contributed by atoms with Crippen LogP contribution < -0.4 is 0 Å². The smallest absolute Gasteiger partial charge is 0.197 e. The Bertz CT molecular complexity index is 826. The molecule has 3 nitrogen and oxygen atoms in total. The summed E-state index contributed by atoms with van der Waals surface area (Å²) in [5.74, 6) is -0.908. The van der Waals surface area contributed by atoms with Crippen LogP contribution in [-0.2, 0) is 0 Å². The van der Waals surface area contributed by atoms with E-state index in [9.17, 15) is 9.18 Å². The van der Waals surface area contributed by atoms with E-state index in [1.807, 2.05) is 0 Å². The first kappa shape index (κ1) is 13.0. The van der Waals surface area contributed by atoms with Crippen LogP contribution in [0.25, 0.3) is 10.9 Å². The van der Waals surface area contributed by atoms with E-state index in [1.54, 1.807) is 37.5 Å². The molecule has 2 heterocycles. The highest BCUT2D eigenvalue weighted by atomic mass is 79.9.